The second kappa shape index (κ2) is 11.6. The molecule has 1 N–H and O–H groups in total. The molecule has 4 aromatic rings. The Kier molecular flexibility index (Phi) is 8.06. The summed E-state index contributed by atoms with van der Waals surface area (Å²) in [4.78, 5) is 3.30. The lowest BCUT2D eigenvalue weighted by Gasteiger charge is -2.26. The highest BCUT2D eigenvalue weighted by molar-refractivity contribution is 7.87. The Labute approximate surface area is 227 Å². The second-order valence-electron chi connectivity index (χ2n) is 9.22. The lowest BCUT2D eigenvalue weighted by Crippen LogP contribution is -2.33. The maximum atomic E-state index is 12.0. The zero-order chi connectivity index (χ0) is 26.5. The summed E-state index contributed by atoms with van der Waals surface area (Å²) in [6.45, 7) is 5.42. The molecule has 1 aliphatic heterocycles. The molecular formula is C29H31NO6S2. The van der Waals surface area contributed by atoms with Gasteiger partial charge in [0.1, 0.15) is 29.6 Å². The van der Waals surface area contributed by atoms with Gasteiger partial charge in [-0.15, -0.1) is 11.3 Å². The Morgan fingerprint density at radius 2 is 1.58 bits per heavy atom. The van der Waals surface area contributed by atoms with E-state index in [-0.39, 0.29) is 17.3 Å². The van der Waals surface area contributed by atoms with E-state index in [2.05, 4.69) is 4.90 Å². The molecule has 0 atom stereocenters. The molecule has 1 fully saturated rings. The lowest BCUT2D eigenvalue weighted by atomic mass is 10.1. The third-order valence-corrected chi connectivity index (χ3v) is 8.83. The van der Waals surface area contributed by atoms with Crippen molar-refractivity contribution in [3.8, 4) is 39.2 Å². The molecule has 0 amide bonds. The van der Waals surface area contributed by atoms with Gasteiger partial charge in [-0.1, -0.05) is 6.42 Å². The van der Waals surface area contributed by atoms with Crippen LogP contribution in [-0.4, -0.2) is 50.4 Å². The summed E-state index contributed by atoms with van der Waals surface area (Å²) in [5, 5.41) is 10.6. The fourth-order valence-corrected chi connectivity index (χ4v) is 6.09. The number of fused-ring (bicyclic) bond motifs is 1. The van der Waals surface area contributed by atoms with E-state index < -0.39 is 10.1 Å². The summed E-state index contributed by atoms with van der Waals surface area (Å²) in [5.74, 6) is 2.42. The highest BCUT2D eigenvalue weighted by Crippen LogP contribution is 2.47. The van der Waals surface area contributed by atoms with Crippen LogP contribution in [0, 0.1) is 0 Å². The van der Waals surface area contributed by atoms with Gasteiger partial charge >= 0.3 is 10.1 Å². The van der Waals surface area contributed by atoms with Gasteiger partial charge in [0, 0.05) is 16.6 Å². The van der Waals surface area contributed by atoms with Gasteiger partial charge < -0.3 is 18.8 Å². The molecule has 0 spiro atoms. The van der Waals surface area contributed by atoms with Crippen molar-refractivity contribution in [1.82, 2.24) is 4.90 Å². The van der Waals surface area contributed by atoms with Crippen LogP contribution in [-0.2, 0) is 10.1 Å². The van der Waals surface area contributed by atoms with Crippen LogP contribution in [0.5, 0.6) is 28.7 Å². The van der Waals surface area contributed by atoms with E-state index in [1.54, 1.807) is 31.2 Å². The SMILES string of the molecule is CCS(=O)(=O)Oc1ccc2c(Oc3ccc(OCCN4CCCCC4)cc3)c(-c3ccc(O)cc3)sc2c1. The van der Waals surface area contributed by atoms with Crippen LogP contribution >= 0.6 is 11.3 Å². The molecule has 0 aliphatic carbocycles. The van der Waals surface area contributed by atoms with E-state index in [1.165, 1.54) is 30.6 Å². The number of aromatic hydroxyl groups is 1. The first kappa shape index (κ1) is 26.3. The van der Waals surface area contributed by atoms with Crippen LogP contribution in [0.15, 0.2) is 66.7 Å². The van der Waals surface area contributed by atoms with E-state index in [4.69, 9.17) is 13.7 Å². The molecule has 38 heavy (non-hydrogen) atoms. The maximum Gasteiger partial charge on any atom is 0.308 e. The summed E-state index contributed by atoms with van der Waals surface area (Å²) in [5.41, 5.74) is 0.875. The second-order valence-corrected chi connectivity index (χ2v) is 12.1. The van der Waals surface area contributed by atoms with Crippen molar-refractivity contribution in [3.63, 3.8) is 0 Å². The third kappa shape index (κ3) is 6.40. The van der Waals surface area contributed by atoms with Crippen LogP contribution in [0.25, 0.3) is 20.5 Å². The summed E-state index contributed by atoms with van der Waals surface area (Å²) >= 11 is 1.47. The Hall–Kier alpha value is -3.27. The number of nitrogens with zero attached hydrogens (tertiary/aromatic N) is 1. The van der Waals surface area contributed by atoms with Crippen molar-refractivity contribution in [2.24, 2.45) is 0 Å². The molecule has 1 aliphatic rings. The van der Waals surface area contributed by atoms with E-state index in [0.29, 0.717) is 18.1 Å². The maximum absolute atomic E-state index is 12.0. The zero-order valence-electron chi connectivity index (χ0n) is 21.3. The molecular weight excluding hydrogens is 522 g/mol. The molecule has 1 saturated heterocycles. The van der Waals surface area contributed by atoms with E-state index in [9.17, 15) is 13.5 Å². The normalized spacial score (nSPS) is 14.4. The average Bonchev–Trinajstić information content (AvgIpc) is 3.27. The minimum atomic E-state index is -3.64. The molecule has 5 rings (SSSR count). The summed E-state index contributed by atoms with van der Waals surface area (Å²) in [6, 6.07) is 19.6. The molecule has 9 heteroatoms. The largest absolute Gasteiger partial charge is 0.508 e. The van der Waals surface area contributed by atoms with Gasteiger partial charge in [-0.05, 0) is 105 Å². The van der Waals surface area contributed by atoms with Crippen LogP contribution < -0.4 is 13.7 Å². The fraction of sp³-hybridized carbons (Fsp3) is 0.310. The van der Waals surface area contributed by atoms with Crippen molar-refractivity contribution in [3.05, 3.63) is 66.7 Å². The number of rotatable bonds is 10. The monoisotopic (exact) mass is 553 g/mol. The number of likely N-dealkylation sites (tertiary alicyclic amines) is 1. The van der Waals surface area contributed by atoms with Gasteiger partial charge in [0.15, 0.2) is 5.75 Å². The summed E-state index contributed by atoms with van der Waals surface area (Å²) in [7, 11) is -3.64. The number of hydrogen-bond acceptors (Lipinski definition) is 8. The quantitative estimate of drug-likeness (QED) is 0.220. The first-order valence-electron chi connectivity index (χ1n) is 12.8. The third-order valence-electron chi connectivity index (χ3n) is 6.49. The predicted molar refractivity (Wildman–Crippen MR) is 151 cm³/mol. The predicted octanol–water partition coefficient (Wildman–Crippen LogP) is 6.66. The van der Waals surface area contributed by atoms with Gasteiger partial charge in [0.2, 0.25) is 0 Å². The van der Waals surface area contributed by atoms with Crippen LogP contribution in [0.2, 0.25) is 0 Å². The van der Waals surface area contributed by atoms with Crippen molar-refractivity contribution < 1.29 is 27.2 Å². The topological polar surface area (TPSA) is 85.3 Å². The summed E-state index contributed by atoms with van der Waals surface area (Å²) in [6.07, 6.45) is 3.85. The Morgan fingerprint density at radius 3 is 2.29 bits per heavy atom. The van der Waals surface area contributed by atoms with Crippen molar-refractivity contribution in [2.45, 2.75) is 26.2 Å². The number of ether oxygens (including phenoxy) is 2. The number of phenolic OH excluding ortho intramolecular Hbond substituents is 1. The van der Waals surface area contributed by atoms with Gasteiger partial charge in [-0.3, -0.25) is 4.90 Å². The molecule has 7 nitrogen and oxygen atoms in total. The van der Waals surface area contributed by atoms with Crippen LogP contribution in [0.4, 0.5) is 0 Å². The highest BCUT2D eigenvalue weighted by atomic mass is 32.2. The Morgan fingerprint density at radius 1 is 0.895 bits per heavy atom. The minimum absolute atomic E-state index is 0.111. The number of benzene rings is 3. The molecule has 0 radical (unpaired) electrons. The van der Waals surface area contributed by atoms with Crippen molar-refractivity contribution in [2.75, 3.05) is 32.0 Å². The van der Waals surface area contributed by atoms with E-state index in [0.717, 1.165) is 45.9 Å². The number of piperidine rings is 1. The van der Waals surface area contributed by atoms with Gasteiger partial charge in [0.05, 0.1) is 10.6 Å². The number of hydrogen-bond donors (Lipinski definition) is 1. The molecule has 1 aromatic heterocycles. The molecule has 200 valence electrons. The average molecular weight is 554 g/mol. The molecule has 0 saturated carbocycles. The van der Waals surface area contributed by atoms with Crippen LogP contribution in [0.3, 0.4) is 0 Å². The standard InChI is InChI=1S/C29H31NO6S2/c1-2-38(32,33)36-25-14-15-26-27(20-25)37-29(21-6-8-22(31)9-7-21)28(26)35-24-12-10-23(11-13-24)34-19-18-30-16-4-3-5-17-30/h6-15,20,31H,2-5,16-19H2,1H3. The highest BCUT2D eigenvalue weighted by Gasteiger charge is 2.19. The molecule has 0 unspecified atom stereocenters. The van der Waals surface area contributed by atoms with E-state index in [1.807, 2.05) is 42.5 Å². The zero-order valence-corrected chi connectivity index (χ0v) is 22.9. The lowest BCUT2D eigenvalue weighted by molar-refractivity contribution is 0.183. The van der Waals surface area contributed by atoms with Crippen molar-refractivity contribution >= 4 is 31.5 Å². The Bertz CT molecular complexity index is 1470. The molecule has 3 aromatic carbocycles. The number of thiophene rings is 1. The summed E-state index contributed by atoms with van der Waals surface area (Å²) < 4.78 is 42.3. The van der Waals surface area contributed by atoms with Crippen LogP contribution in [0.1, 0.15) is 26.2 Å². The minimum Gasteiger partial charge on any atom is -0.508 e. The molecule has 0 bridgehead atoms. The smallest absolute Gasteiger partial charge is 0.308 e. The van der Waals surface area contributed by atoms with Gasteiger partial charge in [-0.25, -0.2) is 0 Å². The number of phenols is 1. The van der Waals surface area contributed by atoms with Crippen molar-refractivity contribution in [1.29, 1.82) is 0 Å². The van der Waals surface area contributed by atoms with Gasteiger partial charge in [0.25, 0.3) is 0 Å². The van der Waals surface area contributed by atoms with Gasteiger partial charge in [-0.2, -0.15) is 8.42 Å². The first-order chi connectivity index (χ1) is 18.4. The van der Waals surface area contributed by atoms with E-state index >= 15 is 0 Å². The Balaban J connectivity index is 1.37. The first-order valence-corrected chi connectivity index (χ1v) is 15.2. The molecule has 2 heterocycles. The fourth-order valence-electron chi connectivity index (χ4n) is 4.41.